The molecule has 0 heterocycles. The van der Waals surface area contributed by atoms with Crippen LogP contribution in [0.2, 0.25) is 0 Å². The van der Waals surface area contributed by atoms with E-state index in [-0.39, 0.29) is 17.0 Å². The fourth-order valence-corrected chi connectivity index (χ4v) is 4.68. The number of hydrogen-bond donors (Lipinski definition) is 0. The highest BCUT2D eigenvalue weighted by Gasteiger charge is 2.38. The van der Waals surface area contributed by atoms with Gasteiger partial charge in [-0.25, -0.2) is 0 Å². The molecule has 3 aromatic rings. The van der Waals surface area contributed by atoms with E-state index >= 15 is 0 Å². The Bertz CT molecular complexity index is 1080. The molecule has 2 atom stereocenters. The van der Waals surface area contributed by atoms with Crippen molar-refractivity contribution in [2.24, 2.45) is 0 Å². The minimum atomic E-state index is -0.655. The van der Waals surface area contributed by atoms with Gasteiger partial charge >= 0.3 is 0 Å². The largest absolute Gasteiger partial charge is 0.293 e. The summed E-state index contributed by atoms with van der Waals surface area (Å²) >= 11 is 6.66. The normalized spacial score (nSPS) is 18.2. The van der Waals surface area contributed by atoms with E-state index in [0.29, 0.717) is 35.1 Å². The molecule has 5 heteroatoms. The molecular formula is C25H18Br2O3. The van der Waals surface area contributed by atoms with Gasteiger partial charge in [-0.2, -0.15) is 0 Å². The molecule has 0 spiro atoms. The van der Waals surface area contributed by atoms with Gasteiger partial charge in [0, 0.05) is 35.1 Å². The van der Waals surface area contributed by atoms with Crippen molar-refractivity contribution < 1.29 is 9.59 Å². The maximum absolute atomic E-state index is 13.5. The molecule has 0 fully saturated rings. The van der Waals surface area contributed by atoms with Crippen LogP contribution in [-0.2, 0) is 12.8 Å². The third-order valence-electron chi connectivity index (χ3n) is 5.27. The van der Waals surface area contributed by atoms with Crippen molar-refractivity contribution in [3.8, 4) is 0 Å². The topological polar surface area (TPSA) is 51.2 Å². The minimum absolute atomic E-state index is 0.130. The van der Waals surface area contributed by atoms with E-state index in [4.69, 9.17) is 0 Å². The first-order valence-electron chi connectivity index (χ1n) is 9.60. The van der Waals surface area contributed by atoms with Gasteiger partial charge in [-0.1, -0.05) is 92.5 Å². The zero-order chi connectivity index (χ0) is 21.3. The van der Waals surface area contributed by atoms with E-state index in [0.717, 1.165) is 11.1 Å². The van der Waals surface area contributed by atoms with Gasteiger partial charge in [0.2, 0.25) is 0 Å². The number of ketones is 2. The third-order valence-corrected chi connectivity index (χ3v) is 7.87. The van der Waals surface area contributed by atoms with Crippen LogP contribution in [0.5, 0.6) is 0 Å². The molecule has 0 saturated heterocycles. The van der Waals surface area contributed by atoms with Crippen molar-refractivity contribution in [3.05, 3.63) is 116 Å². The average molecular weight is 526 g/mol. The van der Waals surface area contributed by atoms with Crippen LogP contribution < -0.4 is 5.43 Å². The molecule has 0 saturated carbocycles. The van der Waals surface area contributed by atoms with Crippen LogP contribution in [0.15, 0.2) is 77.6 Å². The van der Waals surface area contributed by atoms with E-state index in [1.54, 1.807) is 12.1 Å². The first-order chi connectivity index (χ1) is 14.5. The van der Waals surface area contributed by atoms with E-state index in [1.807, 2.05) is 60.7 Å². The number of fused-ring (bicyclic) bond motifs is 1. The SMILES string of the molecule is O=C1c2cc(Cc3ccccc3)c(=O)c(Cc3ccccc3)cc2C(=O)C(Br)C1Br. The second-order valence-electron chi connectivity index (χ2n) is 7.35. The van der Waals surface area contributed by atoms with Gasteiger partial charge < -0.3 is 0 Å². The van der Waals surface area contributed by atoms with E-state index in [2.05, 4.69) is 31.9 Å². The average Bonchev–Trinajstić information content (AvgIpc) is 2.90. The molecule has 150 valence electrons. The van der Waals surface area contributed by atoms with Crippen molar-refractivity contribution in [2.75, 3.05) is 0 Å². The Morgan fingerprint density at radius 2 is 0.967 bits per heavy atom. The van der Waals surface area contributed by atoms with Gasteiger partial charge in [0.1, 0.15) is 0 Å². The summed E-state index contributed by atoms with van der Waals surface area (Å²) in [7, 11) is 0. The second-order valence-corrected chi connectivity index (χ2v) is 9.33. The van der Waals surface area contributed by atoms with E-state index in [1.165, 1.54) is 0 Å². The number of benzene rings is 2. The molecule has 0 N–H and O–H groups in total. The van der Waals surface area contributed by atoms with Gasteiger partial charge in [0.15, 0.2) is 17.0 Å². The molecule has 0 amide bonds. The van der Waals surface area contributed by atoms with Gasteiger partial charge in [0.25, 0.3) is 0 Å². The summed E-state index contributed by atoms with van der Waals surface area (Å²) in [5, 5.41) is 0. The summed E-state index contributed by atoms with van der Waals surface area (Å²) in [6.07, 6.45) is 0.795. The Labute approximate surface area is 191 Å². The van der Waals surface area contributed by atoms with Crippen LogP contribution in [0.1, 0.15) is 43.0 Å². The lowest BCUT2D eigenvalue weighted by Gasteiger charge is -2.22. The van der Waals surface area contributed by atoms with Crippen molar-refractivity contribution in [1.82, 2.24) is 0 Å². The lowest BCUT2D eigenvalue weighted by molar-refractivity contribution is 0.0908. The number of alkyl halides is 2. The second kappa shape index (κ2) is 8.78. The zero-order valence-corrected chi connectivity index (χ0v) is 19.1. The van der Waals surface area contributed by atoms with Crippen molar-refractivity contribution in [1.29, 1.82) is 0 Å². The maximum Gasteiger partial charge on any atom is 0.185 e. The maximum atomic E-state index is 13.5. The number of halogens is 2. The summed E-state index contributed by atoms with van der Waals surface area (Å²) in [5.41, 5.74) is 3.46. The lowest BCUT2D eigenvalue weighted by Crippen LogP contribution is -2.37. The first kappa shape index (κ1) is 20.9. The Morgan fingerprint density at radius 3 is 1.33 bits per heavy atom. The monoisotopic (exact) mass is 524 g/mol. The van der Waals surface area contributed by atoms with Crippen LogP contribution >= 0.6 is 31.9 Å². The van der Waals surface area contributed by atoms with Crippen LogP contribution in [0.4, 0.5) is 0 Å². The third kappa shape index (κ3) is 4.09. The molecule has 3 aromatic carbocycles. The fourth-order valence-electron chi connectivity index (χ4n) is 3.71. The number of Topliss-reactive ketones (excluding diaryl/α,β-unsaturated/α-hetero) is 2. The van der Waals surface area contributed by atoms with Gasteiger partial charge in [-0.3, -0.25) is 14.4 Å². The quantitative estimate of drug-likeness (QED) is 0.443. The molecule has 0 aromatic heterocycles. The highest BCUT2D eigenvalue weighted by molar-refractivity contribution is 9.12. The highest BCUT2D eigenvalue weighted by Crippen LogP contribution is 2.31. The smallest absolute Gasteiger partial charge is 0.185 e. The Hall–Kier alpha value is -2.37. The molecular weight excluding hydrogens is 508 g/mol. The fraction of sp³-hybridized carbons (Fsp3) is 0.160. The molecule has 1 aliphatic rings. The van der Waals surface area contributed by atoms with Crippen LogP contribution in [0.3, 0.4) is 0 Å². The van der Waals surface area contributed by atoms with E-state index in [9.17, 15) is 14.4 Å². The number of carbonyl (C=O) groups is 2. The van der Waals surface area contributed by atoms with Crippen LogP contribution in [0, 0.1) is 0 Å². The highest BCUT2D eigenvalue weighted by atomic mass is 79.9. The predicted octanol–water partition coefficient (Wildman–Crippen LogP) is 5.13. The molecule has 4 rings (SSSR count). The van der Waals surface area contributed by atoms with Crippen LogP contribution in [0.25, 0.3) is 0 Å². The van der Waals surface area contributed by atoms with Crippen molar-refractivity contribution >= 4 is 43.4 Å². The number of carbonyl (C=O) groups excluding carboxylic acids is 2. The summed E-state index contributed by atoms with van der Waals surface area (Å²) in [5.74, 6) is -0.385. The standard InChI is InChI=1S/C25H18Br2O3/c26-21-22(27)25(30)20-14-18(12-16-9-5-2-6-10-16)23(28)17(13-19(20)24(21)29)11-15-7-3-1-4-8-15/h1-10,13-14,21-22H,11-12H2. The summed E-state index contributed by atoms with van der Waals surface area (Å²) in [6.45, 7) is 0. The van der Waals surface area contributed by atoms with Gasteiger partial charge in [-0.05, 0) is 23.3 Å². The number of hydrogen-bond acceptors (Lipinski definition) is 3. The Kier molecular flexibility index (Phi) is 6.11. The Balaban J connectivity index is 1.93. The zero-order valence-electron chi connectivity index (χ0n) is 16.0. The summed E-state index contributed by atoms with van der Waals surface area (Å²) in [4.78, 5) is 38.1. The predicted molar refractivity (Wildman–Crippen MR) is 125 cm³/mol. The first-order valence-corrected chi connectivity index (χ1v) is 11.4. The van der Waals surface area contributed by atoms with Crippen LogP contribution in [-0.4, -0.2) is 21.2 Å². The van der Waals surface area contributed by atoms with Gasteiger partial charge in [-0.15, -0.1) is 0 Å². The molecule has 0 radical (unpaired) electrons. The molecule has 0 aliphatic heterocycles. The molecule has 30 heavy (non-hydrogen) atoms. The van der Waals surface area contributed by atoms with Crippen molar-refractivity contribution in [3.63, 3.8) is 0 Å². The van der Waals surface area contributed by atoms with Gasteiger partial charge in [0.05, 0.1) is 9.65 Å². The number of rotatable bonds is 4. The molecule has 1 aliphatic carbocycles. The Morgan fingerprint density at radius 1 is 0.600 bits per heavy atom. The van der Waals surface area contributed by atoms with E-state index < -0.39 is 9.65 Å². The summed E-state index contributed by atoms with van der Waals surface area (Å²) < 4.78 is 0. The molecule has 2 unspecified atom stereocenters. The lowest BCUT2D eigenvalue weighted by atomic mass is 9.90. The summed E-state index contributed by atoms with van der Waals surface area (Å²) in [6, 6.07) is 22.5. The molecule has 0 bridgehead atoms. The minimum Gasteiger partial charge on any atom is -0.293 e. The van der Waals surface area contributed by atoms with Crippen molar-refractivity contribution in [2.45, 2.75) is 22.5 Å². The molecule has 3 nitrogen and oxygen atoms in total.